The van der Waals surface area contributed by atoms with E-state index in [1.165, 1.54) is 11.3 Å². The number of alkyl halides is 3. The first kappa shape index (κ1) is 15.2. The Kier molecular flexibility index (Phi) is 5.23. The number of ether oxygens (including phenoxy) is 1. The minimum absolute atomic E-state index is 0.415. The fourth-order valence-corrected chi connectivity index (χ4v) is 3.19. The highest BCUT2D eigenvalue weighted by Crippen LogP contribution is 2.43. The maximum absolute atomic E-state index is 12.1. The monoisotopic (exact) mass is 341 g/mol. The van der Waals surface area contributed by atoms with Crippen LogP contribution in [0, 0.1) is 0 Å². The Hall–Kier alpha value is -0.160. The molecule has 1 aromatic rings. The van der Waals surface area contributed by atoms with Crippen LogP contribution in [0.1, 0.15) is 30.9 Å². The van der Waals surface area contributed by atoms with E-state index in [1.54, 1.807) is 11.0 Å². The van der Waals surface area contributed by atoms with E-state index >= 15 is 0 Å². The second-order valence-corrected chi connectivity index (χ2v) is 7.56. The molecule has 0 aliphatic carbocycles. The van der Waals surface area contributed by atoms with E-state index in [4.69, 9.17) is 39.5 Å². The number of thiophene rings is 1. The molecule has 1 fully saturated rings. The lowest BCUT2D eigenvalue weighted by Gasteiger charge is -2.30. The van der Waals surface area contributed by atoms with Crippen molar-refractivity contribution in [1.82, 2.24) is 4.90 Å². The third-order valence-corrected chi connectivity index (χ3v) is 4.27. The van der Waals surface area contributed by atoms with E-state index in [2.05, 4.69) is 0 Å². The largest absolute Gasteiger partial charge is 0.437 e. The van der Waals surface area contributed by atoms with Crippen LogP contribution in [0.4, 0.5) is 4.79 Å². The molecule has 3 nitrogen and oxygen atoms in total. The van der Waals surface area contributed by atoms with Gasteiger partial charge in [0, 0.05) is 18.7 Å². The molecule has 0 spiro atoms. The summed E-state index contributed by atoms with van der Waals surface area (Å²) < 4.78 is 3.72. The zero-order valence-electron chi connectivity index (χ0n) is 10.2. The molecule has 2 rings (SSSR count). The Morgan fingerprint density at radius 2 is 2.00 bits per heavy atom. The van der Waals surface area contributed by atoms with Gasteiger partial charge >= 0.3 is 6.09 Å². The van der Waals surface area contributed by atoms with Gasteiger partial charge in [-0.25, -0.2) is 4.79 Å². The summed E-state index contributed by atoms with van der Waals surface area (Å²) in [5.41, 5.74) is 0.704. The maximum Gasteiger partial charge on any atom is 0.410 e. The Balaban J connectivity index is 2.06. The average Bonchev–Trinajstić information content (AvgIpc) is 2.88. The van der Waals surface area contributed by atoms with Crippen molar-refractivity contribution >= 4 is 52.2 Å². The molecule has 1 amide bonds. The van der Waals surface area contributed by atoms with Gasteiger partial charge in [0.25, 0.3) is 0 Å². The van der Waals surface area contributed by atoms with Crippen LogP contribution in [0.5, 0.6) is 0 Å². The molecule has 0 radical (unpaired) electrons. The zero-order chi connectivity index (χ0) is 13.9. The van der Waals surface area contributed by atoms with Gasteiger partial charge in [0.05, 0.1) is 0 Å². The number of amides is 1. The minimum atomic E-state index is -1.67. The van der Waals surface area contributed by atoms with Gasteiger partial charge in [-0.2, -0.15) is 11.3 Å². The molecule has 0 bridgehead atoms. The van der Waals surface area contributed by atoms with Gasteiger partial charge < -0.3 is 9.64 Å². The molecule has 7 heteroatoms. The Morgan fingerprint density at radius 3 is 2.53 bits per heavy atom. The number of halogens is 3. The van der Waals surface area contributed by atoms with Crippen molar-refractivity contribution in [3.63, 3.8) is 0 Å². The highest BCUT2D eigenvalue weighted by molar-refractivity contribution is 7.08. The second kappa shape index (κ2) is 6.53. The second-order valence-electron chi connectivity index (χ2n) is 4.41. The molecule has 0 saturated carbocycles. The molecule has 19 heavy (non-hydrogen) atoms. The summed E-state index contributed by atoms with van der Waals surface area (Å²) in [7, 11) is 0. The zero-order valence-corrected chi connectivity index (χ0v) is 13.2. The van der Waals surface area contributed by atoms with E-state index in [1.807, 2.05) is 10.8 Å². The Morgan fingerprint density at radius 1 is 1.32 bits per heavy atom. The van der Waals surface area contributed by atoms with Crippen LogP contribution >= 0.6 is 46.1 Å². The SMILES string of the molecule is O=C(OC(c1ccsc1)C(Cl)(Cl)Cl)N1CCCCC1. The van der Waals surface area contributed by atoms with Crippen molar-refractivity contribution in [2.45, 2.75) is 29.2 Å². The summed E-state index contributed by atoms with van der Waals surface area (Å²) in [6, 6.07) is 1.79. The van der Waals surface area contributed by atoms with E-state index in [0.717, 1.165) is 19.3 Å². The summed E-state index contributed by atoms with van der Waals surface area (Å²) in [4.78, 5) is 13.7. The summed E-state index contributed by atoms with van der Waals surface area (Å²) in [5.74, 6) is 0. The fourth-order valence-electron chi connectivity index (χ4n) is 2.00. The number of piperidine rings is 1. The first-order chi connectivity index (χ1) is 8.98. The lowest BCUT2D eigenvalue weighted by atomic mass is 10.1. The quantitative estimate of drug-likeness (QED) is 0.724. The molecule has 0 N–H and O–H groups in total. The van der Waals surface area contributed by atoms with Crippen LogP contribution in [-0.4, -0.2) is 27.9 Å². The number of carbonyl (C=O) groups excluding carboxylic acids is 1. The van der Waals surface area contributed by atoms with Gasteiger partial charge in [-0.15, -0.1) is 0 Å². The van der Waals surface area contributed by atoms with Gasteiger partial charge in [-0.3, -0.25) is 0 Å². The summed E-state index contributed by atoms with van der Waals surface area (Å²) in [5, 5.41) is 3.67. The van der Waals surface area contributed by atoms with Crippen LogP contribution in [0.2, 0.25) is 0 Å². The van der Waals surface area contributed by atoms with E-state index in [-0.39, 0.29) is 0 Å². The van der Waals surface area contributed by atoms with Crippen molar-refractivity contribution in [2.24, 2.45) is 0 Å². The highest BCUT2D eigenvalue weighted by Gasteiger charge is 2.38. The average molecular weight is 343 g/mol. The van der Waals surface area contributed by atoms with Crippen LogP contribution in [0.3, 0.4) is 0 Å². The predicted molar refractivity (Wildman–Crippen MR) is 79.3 cm³/mol. The summed E-state index contributed by atoms with van der Waals surface area (Å²) in [6.07, 6.45) is 1.83. The lowest BCUT2D eigenvalue weighted by Crippen LogP contribution is -2.38. The Labute approximate surface area is 131 Å². The van der Waals surface area contributed by atoms with E-state index in [0.29, 0.717) is 18.7 Å². The first-order valence-electron chi connectivity index (χ1n) is 6.03. The highest BCUT2D eigenvalue weighted by atomic mass is 35.6. The third kappa shape index (κ3) is 4.15. The molecule has 1 atom stereocenters. The number of likely N-dealkylation sites (tertiary alicyclic amines) is 1. The molecule has 1 aromatic heterocycles. The molecule has 1 aliphatic rings. The topological polar surface area (TPSA) is 29.5 Å². The normalized spacial score (nSPS) is 18.2. The van der Waals surface area contributed by atoms with Crippen LogP contribution < -0.4 is 0 Å². The van der Waals surface area contributed by atoms with Gasteiger partial charge in [0.2, 0.25) is 3.79 Å². The Bertz CT molecular complexity index is 413. The molecule has 1 saturated heterocycles. The van der Waals surface area contributed by atoms with Crippen LogP contribution in [0.25, 0.3) is 0 Å². The smallest absolute Gasteiger partial charge is 0.410 e. The summed E-state index contributed by atoms with van der Waals surface area (Å²) >= 11 is 19.2. The van der Waals surface area contributed by atoms with Gasteiger partial charge in [0.15, 0.2) is 6.10 Å². The van der Waals surface area contributed by atoms with E-state index < -0.39 is 16.0 Å². The van der Waals surface area contributed by atoms with Crippen molar-refractivity contribution in [3.05, 3.63) is 22.4 Å². The van der Waals surface area contributed by atoms with Crippen molar-refractivity contribution in [2.75, 3.05) is 13.1 Å². The van der Waals surface area contributed by atoms with Crippen molar-refractivity contribution in [1.29, 1.82) is 0 Å². The number of rotatable bonds is 2. The number of carbonyl (C=O) groups is 1. The maximum atomic E-state index is 12.1. The van der Waals surface area contributed by atoms with E-state index in [9.17, 15) is 4.79 Å². The lowest BCUT2D eigenvalue weighted by molar-refractivity contribution is 0.0586. The minimum Gasteiger partial charge on any atom is -0.437 e. The molecular weight excluding hydrogens is 329 g/mol. The molecule has 1 aliphatic heterocycles. The van der Waals surface area contributed by atoms with Crippen molar-refractivity contribution < 1.29 is 9.53 Å². The number of hydrogen-bond donors (Lipinski definition) is 0. The number of hydrogen-bond acceptors (Lipinski definition) is 3. The predicted octanol–water partition coefficient (Wildman–Crippen LogP) is 4.78. The van der Waals surface area contributed by atoms with Crippen LogP contribution in [0.15, 0.2) is 16.8 Å². The van der Waals surface area contributed by atoms with Gasteiger partial charge in [-0.1, -0.05) is 34.8 Å². The fraction of sp³-hybridized carbons (Fsp3) is 0.583. The molecule has 2 heterocycles. The first-order valence-corrected chi connectivity index (χ1v) is 8.10. The van der Waals surface area contributed by atoms with Gasteiger partial charge in [0.1, 0.15) is 0 Å². The molecular formula is C12H14Cl3NO2S. The number of nitrogens with zero attached hydrogens (tertiary/aromatic N) is 1. The third-order valence-electron chi connectivity index (χ3n) is 2.98. The van der Waals surface area contributed by atoms with Crippen LogP contribution in [-0.2, 0) is 4.74 Å². The molecule has 106 valence electrons. The van der Waals surface area contributed by atoms with Gasteiger partial charge in [-0.05, 0) is 36.1 Å². The van der Waals surface area contributed by atoms with Crippen molar-refractivity contribution in [3.8, 4) is 0 Å². The molecule has 0 aromatic carbocycles. The standard InChI is InChI=1S/C12H14Cl3NO2S/c13-12(14,15)10(9-4-7-19-8-9)18-11(17)16-5-2-1-3-6-16/h4,7-8,10H,1-3,5-6H2. The summed E-state index contributed by atoms with van der Waals surface area (Å²) in [6.45, 7) is 1.41. The molecule has 1 unspecified atom stereocenters.